The van der Waals surface area contributed by atoms with Gasteiger partial charge in [-0.15, -0.1) is 0 Å². The zero-order chi connectivity index (χ0) is 16.0. The molecular formula is C16H17N5O2. The number of likely N-dealkylation sites (tertiary alicyclic amines) is 1. The van der Waals surface area contributed by atoms with E-state index >= 15 is 0 Å². The lowest BCUT2D eigenvalue weighted by Gasteiger charge is -2.24. The van der Waals surface area contributed by atoms with Crippen molar-refractivity contribution in [2.24, 2.45) is 7.05 Å². The summed E-state index contributed by atoms with van der Waals surface area (Å²) in [5, 5.41) is 4.15. The molecule has 2 aliphatic heterocycles. The highest BCUT2D eigenvalue weighted by Gasteiger charge is 2.49. The fraction of sp³-hybridized carbons (Fsp3) is 0.375. The first-order valence-electron chi connectivity index (χ1n) is 7.67. The van der Waals surface area contributed by atoms with E-state index in [0.717, 1.165) is 12.1 Å². The van der Waals surface area contributed by atoms with Gasteiger partial charge in [0.05, 0.1) is 29.5 Å². The summed E-state index contributed by atoms with van der Waals surface area (Å²) >= 11 is 0. The molecule has 0 radical (unpaired) electrons. The summed E-state index contributed by atoms with van der Waals surface area (Å²) in [4.78, 5) is 32.7. The Morgan fingerprint density at radius 3 is 2.87 bits per heavy atom. The van der Waals surface area contributed by atoms with Gasteiger partial charge in [0.1, 0.15) is 0 Å². The van der Waals surface area contributed by atoms with Crippen molar-refractivity contribution in [3.8, 4) is 0 Å². The van der Waals surface area contributed by atoms with E-state index in [9.17, 15) is 9.59 Å². The van der Waals surface area contributed by atoms with Crippen molar-refractivity contribution in [1.82, 2.24) is 19.7 Å². The fourth-order valence-electron chi connectivity index (χ4n) is 3.62. The highest BCUT2D eigenvalue weighted by atomic mass is 16.2. The summed E-state index contributed by atoms with van der Waals surface area (Å²) in [6, 6.07) is 3.48. The Bertz CT molecular complexity index is 757. The molecule has 2 fully saturated rings. The Hall–Kier alpha value is -2.70. The molecule has 2 saturated heterocycles. The van der Waals surface area contributed by atoms with Crippen LogP contribution in [0.25, 0.3) is 0 Å². The van der Waals surface area contributed by atoms with Crippen molar-refractivity contribution < 1.29 is 9.59 Å². The van der Waals surface area contributed by atoms with Crippen molar-refractivity contribution in [3.05, 3.63) is 42.5 Å². The molecule has 2 aromatic heterocycles. The molecule has 4 heterocycles. The van der Waals surface area contributed by atoms with Crippen LogP contribution in [-0.4, -0.2) is 50.1 Å². The fourth-order valence-corrected chi connectivity index (χ4v) is 3.62. The van der Waals surface area contributed by atoms with Crippen LogP contribution in [0.15, 0.2) is 36.9 Å². The van der Waals surface area contributed by atoms with E-state index in [1.165, 1.54) is 0 Å². The number of aromatic nitrogens is 3. The lowest BCUT2D eigenvalue weighted by Crippen LogP contribution is -2.40. The number of rotatable bonds is 2. The molecule has 2 aromatic rings. The Balaban J connectivity index is 1.60. The summed E-state index contributed by atoms with van der Waals surface area (Å²) in [7, 11) is 1.83. The molecule has 2 amide bonds. The number of carbonyl (C=O) groups is 2. The molecule has 4 rings (SSSR count). The van der Waals surface area contributed by atoms with Gasteiger partial charge in [-0.25, -0.2) is 0 Å². The first-order chi connectivity index (χ1) is 11.1. The van der Waals surface area contributed by atoms with Gasteiger partial charge >= 0.3 is 0 Å². The van der Waals surface area contributed by atoms with Crippen LogP contribution in [0, 0.1) is 0 Å². The van der Waals surface area contributed by atoms with E-state index in [-0.39, 0.29) is 23.9 Å². The highest BCUT2D eigenvalue weighted by molar-refractivity contribution is 6.00. The lowest BCUT2D eigenvalue weighted by atomic mass is 10.1. The molecule has 7 heteroatoms. The van der Waals surface area contributed by atoms with Crippen LogP contribution in [0.1, 0.15) is 23.2 Å². The third-order valence-electron chi connectivity index (χ3n) is 4.63. The summed E-state index contributed by atoms with van der Waals surface area (Å²) in [6.45, 7) is 0.660. The second-order valence-corrected chi connectivity index (χ2v) is 6.00. The van der Waals surface area contributed by atoms with Gasteiger partial charge in [0.15, 0.2) is 0 Å². The summed E-state index contributed by atoms with van der Waals surface area (Å²) in [5.74, 6) is 0.00289. The molecule has 118 valence electrons. The van der Waals surface area contributed by atoms with E-state index in [2.05, 4.69) is 10.1 Å². The van der Waals surface area contributed by atoms with Gasteiger partial charge in [0, 0.05) is 38.6 Å². The normalized spacial score (nSPS) is 23.4. The van der Waals surface area contributed by atoms with Crippen molar-refractivity contribution in [2.45, 2.75) is 24.9 Å². The van der Waals surface area contributed by atoms with E-state index in [4.69, 9.17) is 0 Å². The molecule has 2 unspecified atom stereocenters. The lowest BCUT2D eigenvalue weighted by molar-refractivity contribution is -0.117. The minimum atomic E-state index is -0.0737. The number of anilines is 1. The predicted molar refractivity (Wildman–Crippen MR) is 82.8 cm³/mol. The number of nitrogens with zero attached hydrogens (tertiary/aromatic N) is 5. The molecule has 0 aromatic carbocycles. The quantitative estimate of drug-likeness (QED) is 0.824. The zero-order valence-corrected chi connectivity index (χ0v) is 12.8. The van der Waals surface area contributed by atoms with Gasteiger partial charge in [-0.3, -0.25) is 19.3 Å². The van der Waals surface area contributed by atoms with Crippen LogP contribution < -0.4 is 4.90 Å². The first-order valence-corrected chi connectivity index (χ1v) is 7.67. The first kappa shape index (κ1) is 13.9. The van der Waals surface area contributed by atoms with E-state index in [1.807, 2.05) is 18.1 Å². The van der Waals surface area contributed by atoms with Gasteiger partial charge in [-0.1, -0.05) is 0 Å². The maximum atomic E-state index is 12.7. The van der Waals surface area contributed by atoms with Crippen LogP contribution in [-0.2, 0) is 11.8 Å². The summed E-state index contributed by atoms with van der Waals surface area (Å²) in [5.41, 5.74) is 1.38. The van der Waals surface area contributed by atoms with Crippen LogP contribution in [0.4, 0.5) is 5.69 Å². The van der Waals surface area contributed by atoms with E-state index < -0.39 is 0 Å². The summed E-state index contributed by atoms with van der Waals surface area (Å²) < 4.78 is 1.68. The molecule has 0 N–H and O–H groups in total. The number of fused-ring (bicyclic) bond motifs is 1. The third-order valence-corrected chi connectivity index (χ3v) is 4.63. The Morgan fingerprint density at radius 1 is 1.30 bits per heavy atom. The van der Waals surface area contributed by atoms with E-state index in [1.54, 1.807) is 40.3 Å². The molecule has 2 atom stereocenters. The largest absolute Gasteiger partial charge is 0.333 e. The van der Waals surface area contributed by atoms with Gasteiger partial charge < -0.3 is 9.80 Å². The van der Waals surface area contributed by atoms with Crippen molar-refractivity contribution >= 4 is 17.5 Å². The molecule has 0 bridgehead atoms. The van der Waals surface area contributed by atoms with Crippen molar-refractivity contribution in [1.29, 1.82) is 0 Å². The average molecular weight is 311 g/mol. The highest BCUT2D eigenvalue weighted by Crippen LogP contribution is 2.36. The SMILES string of the molecule is Cn1cc(N2C(=O)CC3C2CCN3C(=O)c2cccnc2)cn1. The number of hydrogen-bond acceptors (Lipinski definition) is 4. The molecule has 23 heavy (non-hydrogen) atoms. The number of carbonyl (C=O) groups excluding carboxylic acids is 2. The molecule has 0 saturated carbocycles. The molecule has 2 aliphatic rings. The van der Waals surface area contributed by atoms with Crippen molar-refractivity contribution in [2.75, 3.05) is 11.4 Å². The molecule has 0 aliphatic carbocycles. The smallest absolute Gasteiger partial charge is 0.255 e. The third kappa shape index (κ3) is 2.19. The number of amides is 2. The number of pyridine rings is 1. The van der Waals surface area contributed by atoms with Gasteiger partial charge in [0.2, 0.25) is 5.91 Å². The van der Waals surface area contributed by atoms with Crippen LogP contribution in [0.2, 0.25) is 0 Å². The van der Waals surface area contributed by atoms with Crippen molar-refractivity contribution in [3.63, 3.8) is 0 Å². The molecule has 0 spiro atoms. The standard InChI is InChI=1S/C16H17N5O2/c1-19-10-12(9-18-19)21-13-4-6-20(14(13)7-15(21)22)16(23)11-3-2-5-17-8-11/h2-3,5,8-10,13-14H,4,6-7H2,1H3. The number of hydrogen-bond donors (Lipinski definition) is 0. The Labute approximate surface area is 133 Å². The topological polar surface area (TPSA) is 71.3 Å². The Kier molecular flexibility index (Phi) is 3.14. The summed E-state index contributed by atoms with van der Waals surface area (Å²) in [6.07, 6.45) is 7.92. The molecular weight excluding hydrogens is 294 g/mol. The Morgan fingerprint density at radius 2 is 2.17 bits per heavy atom. The minimum absolute atomic E-state index is 0.0346. The van der Waals surface area contributed by atoms with Gasteiger partial charge in [0.25, 0.3) is 5.91 Å². The minimum Gasteiger partial charge on any atom is -0.333 e. The van der Waals surface area contributed by atoms with Gasteiger partial charge in [-0.2, -0.15) is 5.10 Å². The van der Waals surface area contributed by atoms with Crippen LogP contribution >= 0.6 is 0 Å². The zero-order valence-electron chi connectivity index (χ0n) is 12.8. The predicted octanol–water partition coefficient (Wildman–Crippen LogP) is 0.835. The van der Waals surface area contributed by atoms with E-state index in [0.29, 0.717) is 18.5 Å². The average Bonchev–Trinajstić information content (AvgIpc) is 3.22. The second-order valence-electron chi connectivity index (χ2n) is 6.00. The number of aryl methyl sites for hydroxylation is 1. The maximum Gasteiger partial charge on any atom is 0.255 e. The van der Waals surface area contributed by atoms with Crippen LogP contribution in [0.5, 0.6) is 0 Å². The monoisotopic (exact) mass is 311 g/mol. The maximum absolute atomic E-state index is 12.7. The van der Waals surface area contributed by atoms with Gasteiger partial charge in [-0.05, 0) is 18.6 Å². The second kappa shape index (κ2) is 5.19. The molecule has 7 nitrogen and oxygen atoms in total. The van der Waals surface area contributed by atoms with Crippen LogP contribution in [0.3, 0.4) is 0 Å².